The van der Waals surface area contributed by atoms with E-state index in [4.69, 9.17) is 27.9 Å². The van der Waals surface area contributed by atoms with Crippen LogP contribution in [0.15, 0.2) is 84.0 Å². The largest absolute Gasteiger partial charge is 0.423 e. The first-order chi connectivity index (χ1) is 15.9. The van der Waals surface area contributed by atoms with Gasteiger partial charge in [0.1, 0.15) is 5.75 Å². The molecule has 0 bridgehead atoms. The lowest BCUT2D eigenvalue weighted by Crippen LogP contribution is -2.32. The second-order valence-electron chi connectivity index (χ2n) is 6.49. The molecule has 2 N–H and O–H groups in total. The number of benzene rings is 3. The van der Waals surface area contributed by atoms with Crippen molar-refractivity contribution in [1.82, 2.24) is 5.43 Å². The maximum Gasteiger partial charge on any atom is 0.336 e. The van der Waals surface area contributed by atoms with Crippen molar-refractivity contribution >= 4 is 59.0 Å². The number of nitrogens with one attached hydrogen (secondary N) is 2. The van der Waals surface area contributed by atoms with Gasteiger partial charge in [0.2, 0.25) is 0 Å². The van der Waals surface area contributed by atoms with Gasteiger partial charge in [0.25, 0.3) is 0 Å². The van der Waals surface area contributed by atoms with Gasteiger partial charge in [-0.3, -0.25) is 9.59 Å². The van der Waals surface area contributed by atoms with E-state index in [1.165, 1.54) is 18.4 Å². The molecule has 166 valence electrons. The summed E-state index contributed by atoms with van der Waals surface area (Å²) < 4.78 is 5.23. The molecule has 3 aromatic carbocycles. The van der Waals surface area contributed by atoms with E-state index >= 15 is 0 Å². The molecule has 0 saturated carbocycles. The van der Waals surface area contributed by atoms with Crippen LogP contribution in [0.1, 0.15) is 11.1 Å². The van der Waals surface area contributed by atoms with Crippen LogP contribution in [0.3, 0.4) is 0 Å². The number of carbonyl (C=O) groups is 3. The van der Waals surface area contributed by atoms with Gasteiger partial charge >= 0.3 is 17.8 Å². The number of hydrazone groups is 1. The van der Waals surface area contributed by atoms with Crippen molar-refractivity contribution in [3.05, 3.63) is 100 Å². The second kappa shape index (κ2) is 11.6. The number of nitrogens with zero attached hydrogens (tertiary/aromatic N) is 1. The van der Waals surface area contributed by atoms with Gasteiger partial charge in [0.05, 0.1) is 21.9 Å². The highest BCUT2D eigenvalue weighted by atomic mass is 35.5. The zero-order valence-electron chi connectivity index (χ0n) is 17.0. The Kier molecular flexibility index (Phi) is 8.35. The Bertz CT molecular complexity index is 1210. The van der Waals surface area contributed by atoms with E-state index in [1.54, 1.807) is 42.5 Å². The first-order valence-corrected chi connectivity index (χ1v) is 10.3. The minimum Gasteiger partial charge on any atom is -0.423 e. The maximum absolute atomic E-state index is 12.0. The number of hydrogen-bond donors (Lipinski definition) is 2. The number of anilines is 1. The summed E-state index contributed by atoms with van der Waals surface area (Å²) in [6, 6.07) is 20.4. The molecule has 0 aliphatic carbocycles. The van der Waals surface area contributed by atoms with Gasteiger partial charge in [-0.05, 0) is 53.6 Å². The summed E-state index contributed by atoms with van der Waals surface area (Å²) in [7, 11) is 0. The highest BCUT2D eigenvalue weighted by molar-refractivity contribution is 6.45. The van der Waals surface area contributed by atoms with Crippen molar-refractivity contribution in [2.45, 2.75) is 0 Å². The van der Waals surface area contributed by atoms with Crippen molar-refractivity contribution < 1.29 is 19.1 Å². The van der Waals surface area contributed by atoms with Crippen molar-refractivity contribution in [3.8, 4) is 5.75 Å². The smallest absolute Gasteiger partial charge is 0.336 e. The molecule has 0 saturated heterocycles. The quantitative estimate of drug-likeness (QED) is 0.133. The fourth-order valence-electron chi connectivity index (χ4n) is 2.50. The Hall–Kier alpha value is -3.94. The summed E-state index contributed by atoms with van der Waals surface area (Å²) in [4.78, 5) is 35.8. The van der Waals surface area contributed by atoms with Crippen LogP contribution in [-0.2, 0) is 14.4 Å². The standard InChI is InChI=1S/C24H17Cl2N3O4/c25-19-7-4-8-20(22(19)26)28-23(31)24(32)29-27-15-17-9-12-18(13-10-17)33-21(30)14-11-16-5-2-1-3-6-16/h1-15H,(H,28,31)(H,29,32)/b14-11+,27-15-. The fourth-order valence-corrected chi connectivity index (χ4v) is 2.84. The first kappa shape index (κ1) is 23.7. The third-order valence-corrected chi connectivity index (χ3v) is 4.91. The van der Waals surface area contributed by atoms with Crippen LogP contribution in [-0.4, -0.2) is 24.0 Å². The number of ether oxygens (including phenoxy) is 1. The van der Waals surface area contributed by atoms with Gasteiger partial charge < -0.3 is 10.1 Å². The van der Waals surface area contributed by atoms with E-state index in [9.17, 15) is 14.4 Å². The monoisotopic (exact) mass is 481 g/mol. The highest BCUT2D eigenvalue weighted by Crippen LogP contribution is 2.29. The molecule has 9 heteroatoms. The van der Waals surface area contributed by atoms with Crippen LogP contribution in [0, 0.1) is 0 Å². The van der Waals surface area contributed by atoms with Crippen molar-refractivity contribution in [2.24, 2.45) is 5.10 Å². The number of amides is 2. The molecule has 0 aromatic heterocycles. The average molecular weight is 482 g/mol. The molecule has 0 aliphatic heterocycles. The Morgan fingerprint density at radius 1 is 0.818 bits per heavy atom. The number of halogens is 2. The van der Waals surface area contributed by atoms with Crippen LogP contribution in [0.2, 0.25) is 10.0 Å². The summed E-state index contributed by atoms with van der Waals surface area (Å²) >= 11 is 11.8. The molecular formula is C24H17Cl2N3O4. The maximum atomic E-state index is 12.0. The molecule has 0 aliphatic rings. The number of esters is 1. The topological polar surface area (TPSA) is 96.9 Å². The highest BCUT2D eigenvalue weighted by Gasteiger charge is 2.15. The van der Waals surface area contributed by atoms with Crippen LogP contribution >= 0.6 is 23.2 Å². The summed E-state index contributed by atoms with van der Waals surface area (Å²) in [5, 5.41) is 6.45. The van der Waals surface area contributed by atoms with Crippen molar-refractivity contribution in [3.63, 3.8) is 0 Å². The van der Waals surface area contributed by atoms with Gasteiger partial charge in [-0.25, -0.2) is 10.2 Å². The van der Waals surface area contributed by atoms with Gasteiger partial charge in [0, 0.05) is 6.08 Å². The zero-order chi connectivity index (χ0) is 23.6. The molecule has 33 heavy (non-hydrogen) atoms. The summed E-state index contributed by atoms with van der Waals surface area (Å²) in [5.41, 5.74) is 3.80. The normalized spacial score (nSPS) is 10.8. The van der Waals surface area contributed by atoms with E-state index in [0.717, 1.165) is 5.56 Å². The lowest BCUT2D eigenvalue weighted by molar-refractivity contribution is -0.136. The zero-order valence-corrected chi connectivity index (χ0v) is 18.5. The molecule has 0 radical (unpaired) electrons. The molecule has 3 aromatic rings. The Morgan fingerprint density at radius 2 is 1.55 bits per heavy atom. The fraction of sp³-hybridized carbons (Fsp3) is 0. The summed E-state index contributed by atoms with van der Waals surface area (Å²) in [5.74, 6) is -2.12. The summed E-state index contributed by atoms with van der Waals surface area (Å²) in [6.07, 6.45) is 4.32. The lowest BCUT2D eigenvalue weighted by atomic mass is 10.2. The van der Waals surface area contributed by atoms with Crippen molar-refractivity contribution in [1.29, 1.82) is 0 Å². The minimum atomic E-state index is -0.988. The van der Waals surface area contributed by atoms with Gasteiger partial charge in [-0.1, -0.05) is 59.6 Å². The van der Waals surface area contributed by atoms with E-state index in [2.05, 4.69) is 15.8 Å². The molecule has 0 atom stereocenters. The molecule has 7 nitrogen and oxygen atoms in total. The predicted molar refractivity (Wildman–Crippen MR) is 128 cm³/mol. The third-order valence-electron chi connectivity index (χ3n) is 4.10. The third kappa shape index (κ3) is 7.31. The van der Waals surface area contributed by atoms with Crippen LogP contribution in [0.25, 0.3) is 6.08 Å². The van der Waals surface area contributed by atoms with Gasteiger partial charge in [-0.2, -0.15) is 5.10 Å². The summed E-state index contributed by atoms with van der Waals surface area (Å²) in [6.45, 7) is 0. The number of carbonyl (C=O) groups excluding carboxylic acids is 3. The van der Waals surface area contributed by atoms with E-state index in [-0.39, 0.29) is 15.7 Å². The first-order valence-electron chi connectivity index (χ1n) is 9.56. The minimum absolute atomic E-state index is 0.125. The Morgan fingerprint density at radius 3 is 2.27 bits per heavy atom. The molecule has 2 amide bonds. The predicted octanol–water partition coefficient (Wildman–Crippen LogP) is 4.70. The lowest BCUT2D eigenvalue weighted by Gasteiger charge is -2.06. The number of rotatable bonds is 6. The molecule has 0 fully saturated rings. The Labute approximate surface area is 199 Å². The van der Waals surface area contributed by atoms with Gasteiger partial charge in [0.15, 0.2) is 0 Å². The molecule has 0 heterocycles. The van der Waals surface area contributed by atoms with Crippen LogP contribution in [0.4, 0.5) is 5.69 Å². The SMILES string of the molecule is O=C(/C=C/c1ccccc1)Oc1ccc(/C=N\NC(=O)C(=O)Nc2cccc(Cl)c2Cl)cc1. The van der Waals surface area contributed by atoms with E-state index < -0.39 is 17.8 Å². The van der Waals surface area contributed by atoms with E-state index in [1.807, 2.05) is 30.3 Å². The van der Waals surface area contributed by atoms with Gasteiger partial charge in [-0.15, -0.1) is 0 Å². The molecular weight excluding hydrogens is 465 g/mol. The van der Waals surface area contributed by atoms with Crippen molar-refractivity contribution in [2.75, 3.05) is 5.32 Å². The van der Waals surface area contributed by atoms with E-state index in [0.29, 0.717) is 11.3 Å². The number of hydrogen-bond acceptors (Lipinski definition) is 5. The second-order valence-corrected chi connectivity index (χ2v) is 7.27. The average Bonchev–Trinajstić information content (AvgIpc) is 2.82. The van der Waals surface area contributed by atoms with Crippen LogP contribution in [0.5, 0.6) is 5.75 Å². The molecule has 0 spiro atoms. The molecule has 0 unspecified atom stereocenters. The molecule has 3 rings (SSSR count). The Balaban J connectivity index is 1.49. The van der Waals surface area contributed by atoms with Crippen LogP contribution < -0.4 is 15.5 Å².